The SMILES string of the molecule is C[C@@H](NCc1ccc2c(-c3ccncc3)c(-c3ccc(F)cc3)nn2c1)[C@](O)(Cn1cncn1)c1ccc(F)cc1F. The molecule has 8 nitrogen and oxygen atoms in total. The number of benzene rings is 2. The van der Waals surface area contributed by atoms with E-state index in [1.54, 1.807) is 36.0 Å². The summed E-state index contributed by atoms with van der Waals surface area (Å²) in [5.41, 5.74) is 3.08. The third-order valence-electron chi connectivity index (χ3n) is 7.37. The first-order chi connectivity index (χ1) is 20.3. The van der Waals surface area contributed by atoms with Gasteiger partial charge in [0.1, 0.15) is 41.4 Å². The van der Waals surface area contributed by atoms with E-state index in [0.717, 1.165) is 39.9 Å². The number of nitrogens with one attached hydrogen (secondary N) is 1. The van der Waals surface area contributed by atoms with E-state index in [2.05, 4.69) is 20.4 Å². The highest BCUT2D eigenvalue weighted by atomic mass is 19.1. The van der Waals surface area contributed by atoms with Crippen LogP contribution >= 0.6 is 0 Å². The number of hydrogen-bond acceptors (Lipinski definition) is 6. The zero-order valence-corrected chi connectivity index (χ0v) is 22.5. The molecule has 0 saturated carbocycles. The number of pyridine rings is 2. The summed E-state index contributed by atoms with van der Waals surface area (Å²) in [5, 5.41) is 24.0. The molecular weight excluding hydrogens is 543 g/mol. The Labute approximate surface area is 239 Å². The van der Waals surface area contributed by atoms with E-state index in [1.165, 1.54) is 35.5 Å². The van der Waals surface area contributed by atoms with Crippen molar-refractivity contribution in [3.05, 3.63) is 127 Å². The molecule has 11 heteroatoms. The second kappa shape index (κ2) is 11.2. The Morgan fingerprint density at radius 3 is 2.38 bits per heavy atom. The minimum absolute atomic E-state index is 0.0622. The normalized spacial score (nSPS) is 13.7. The zero-order valence-electron chi connectivity index (χ0n) is 22.5. The van der Waals surface area contributed by atoms with Gasteiger partial charge in [0.05, 0.1) is 12.1 Å². The molecule has 2 aromatic carbocycles. The van der Waals surface area contributed by atoms with Gasteiger partial charge in [0.15, 0.2) is 0 Å². The van der Waals surface area contributed by atoms with Crippen LogP contribution in [0.25, 0.3) is 27.9 Å². The lowest BCUT2D eigenvalue weighted by Crippen LogP contribution is -2.49. The Bertz CT molecular complexity index is 1830. The predicted molar refractivity (Wildman–Crippen MR) is 150 cm³/mol. The van der Waals surface area contributed by atoms with E-state index < -0.39 is 23.3 Å². The average molecular weight is 570 g/mol. The molecule has 0 fully saturated rings. The van der Waals surface area contributed by atoms with Crippen molar-refractivity contribution in [2.75, 3.05) is 0 Å². The summed E-state index contributed by atoms with van der Waals surface area (Å²) in [5.74, 6) is -1.93. The molecule has 212 valence electrons. The molecule has 0 aliphatic rings. The molecule has 2 atom stereocenters. The molecule has 2 N–H and O–H groups in total. The maximum Gasteiger partial charge on any atom is 0.137 e. The van der Waals surface area contributed by atoms with Crippen LogP contribution in [0, 0.1) is 17.5 Å². The summed E-state index contributed by atoms with van der Waals surface area (Å²) < 4.78 is 45.4. The van der Waals surface area contributed by atoms with Gasteiger partial charge in [-0.1, -0.05) is 12.1 Å². The highest BCUT2D eigenvalue weighted by molar-refractivity contribution is 5.92. The van der Waals surface area contributed by atoms with Gasteiger partial charge in [0.2, 0.25) is 0 Å². The van der Waals surface area contributed by atoms with Gasteiger partial charge in [-0.15, -0.1) is 0 Å². The Kier molecular flexibility index (Phi) is 7.27. The molecule has 0 bridgehead atoms. The fourth-order valence-corrected chi connectivity index (χ4v) is 5.11. The van der Waals surface area contributed by atoms with Crippen LogP contribution in [-0.4, -0.2) is 40.5 Å². The number of aromatic nitrogens is 6. The van der Waals surface area contributed by atoms with E-state index in [-0.39, 0.29) is 17.9 Å². The third-order valence-corrected chi connectivity index (χ3v) is 7.37. The van der Waals surface area contributed by atoms with Crippen LogP contribution in [0.4, 0.5) is 13.2 Å². The smallest absolute Gasteiger partial charge is 0.137 e. The minimum Gasteiger partial charge on any atom is -0.381 e. The molecular formula is C31H26F3N7O. The summed E-state index contributed by atoms with van der Waals surface area (Å²) in [4.78, 5) is 8.03. The molecule has 4 aromatic heterocycles. The van der Waals surface area contributed by atoms with Crippen LogP contribution in [0.15, 0.2) is 98.0 Å². The number of nitrogens with zero attached hydrogens (tertiary/aromatic N) is 6. The van der Waals surface area contributed by atoms with Crippen molar-refractivity contribution in [3.63, 3.8) is 0 Å². The van der Waals surface area contributed by atoms with E-state index in [1.807, 2.05) is 30.5 Å². The number of rotatable bonds is 9. The third kappa shape index (κ3) is 5.27. The lowest BCUT2D eigenvalue weighted by molar-refractivity contribution is -0.0206. The highest BCUT2D eigenvalue weighted by Gasteiger charge is 2.39. The Balaban J connectivity index is 1.32. The molecule has 6 aromatic rings. The lowest BCUT2D eigenvalue weighted by atomic mass is 9.86. The Morgan fingerprint density at radius 1 is 0.905 bits per heavy atom. The Morgan fingerprint density at radius 2 is 1.67 bits per heavy atom. The Hall–Kier alpha value is -4.87. The molecule has 0 amide bonds. The van der Waals surface area contributed by atoms with Crippen molar-refractivity contribution in [2.24, 2.45) is 0 Å². The van der Waals surface area contributed by atoms with Gasteiger partial charge < -0.3 is 10.4 Å². The largest absolute Gasteiger partial charge is 0.381 e. The summed E-state index contributed by atoms with van der Waals surface area (Å²) >= 11 is 0. The summed E-state index contributed by atoms with van der Waals surface area (Å²) in [6.07, 6.45) is 8.01. The van der Waals surface area contributed by atoms with E-state index in [0.29, 0.717) is 12.2 Å². The second-order valence-corrected chi connectivity index (χ2v) is 10.1. The van der Waals surface area contributed by atoms with Crippen molar-refractivity contribution < 1.29 is 18.3 Å². The number of halogens is 3. The maximum absolute atomic E-state index is 14.9. The summed E-state index contributed by atoms with van der Waals surface area (Å²) in [6.45, 7) is 1.91. The van der Waals surface area contributed by atoms with Crippen LogP contribution in [0.2, 0.25) is 0 Å². The molecule has 4 heterocycles. The van der Waals surface area contributed by atoms with E-state index in [9.17, 15) is 18.3 Å². The van der Waals surface area contributed by atoms with Gasteiger partial charge in [-0.05, 0) is 66.6 Å². The highest BCUT2D eigenvalue weighted by Crippen LogP contribution is 2.35. The molecule has 0 radical (unpaired) electrons. The standard InChI is InChI=1S/C31H26F3N7O/c1-20(31(42,17-40-19-36-18-38-40)26-8-7-25(33)14-27(26)34)37-15-21-2-9-28-29(22-10-12-35-13-11-22)30(39-41(28)16-21)23-3-5-24(32)6-4-23/h2-14,16,18-20,37,42H,15,17H2,1H3/t20-,31-/m1/s1. The first-order valence-corrected chi connectivity index (χ1v) is 13.2. The molecule has 0 unspecified atom stereocenters. The van der Waals surface area contributed by atoms with E-state index in [4.69, 9.17) is 5.10 Å². The van der Waals surface area contributed by atoms with Crippen molar-refractivity contribution in [1.29, 1.82) is 0 Å². The lowest BCUT2D eigenvalue weighted by Gasteiger charge is -2.35. The van der Waals surface area contributed by atoms with Crippen LogP contribution in [0.3, 0.4) is 0 Å². The average Bonchev–Trinajstić information content (AvgIpc) is 3.64. The molecule has 0 aliphatic heterocycles. The molecule has 6 rings (SSSR count). The van der Waals surface area contributed by atoms with Crippen LogP contribution in [0.1, 0.15) is 18.1 Å². The van der Waals surface area contributed by atoms with E-state index >= 15 is 0 Å². The predicted octanol–water partition coefficient (Wildman–Crippen LogP) is 5.14. The first-order valence-electron chi connectivity index (χ1n) is 13.2. The van der Waals surface area contributed by atoms with Gasteiger partial charge in [-0.2, -0.15) is 10.2 Å². The summed E-state index contributed by atoms with van der Waals surface area (Å²) in [7, 11) is 0. The van der Waals surface area contributed by atoms with Crippen LogP contribution in [-0.2, 0) is 18.7 Å². The maximum atomic E-state index is 14.9. The van der Waals surface area contributed by atoms with Crippen LogP contribution in [0.5, 0.6) is 0 Å². The summed E-state index contributed by atoms with van der Waals surface area (Å²) in [6, 6.07) is 16.3. The van der Waals surface area contributed by atoms with Gasteiger partial charge in [-0.3, -0.25) is 4.98 Å². The number of aliphatic hydroxyl groups is 1. The second-order valence-electron chi connectivity index (χ2n) is 10.1. The van der Waals surface area contributed by atoms with Crippen molar-refractivity contribution >= 4 is 5.52 Å². The van der Waals surface area contributed by atoms with Crippen LogP contribution < -0.4 is 5.32 Å². The van der Waals surface area contributed by atoms with Gasteiger partial charge in [-0.25, -0.2) is 27.4 Å². The number of hydrogen-bond donors (Lipinski definition) is 2. The van der Waals surface area contributed by atoms with Crippen molar-refractivity contribution in [3.8, 4) is 22.4 Å². The van der Waals surface area contributed by atoms with Gasteiger partial charge in [0.25, 0.3) is 0 Å². The van der Waals surface area contributed by atoms with Crippen molar-refractivity contribution in [1.82, 2.24) is 34.7 Å². The van der Waals surface area contributed by atoms with Gasteiger partial charge in [0, 0.05) is 53.9 Å². The topological polar surface area (TPSA) is 93.2 Å². The van der Waals surface area contributed by atoms with Gasteiger partial charge >= 0.3 is 0 Å². The fraction of sp³-hybridized carbons (Fsp3) is 0.161. The number of fused-ring (bicyclic) bond motifs is 1. The molecule has 0 saturated heterocycles. The quantitative estimate of drug-likeness (QED) is 0.251. The molecule has 0 spiro atoms. The van der Waals surface area contributed by atoms with Crippen molar-refractivity contribution in [2.45, 2.75) is 31.7 Å². The monoisotopic (exact) mass is 569 g/mol. The first kappa shape index (κ1) is 27.3. The zero-order chi connectivity index (χ0) is 29.3. The molecule has 42 heavy (non-hydrogen) atoms. The minimum atomic E-state index is -1.79. The molecule has 0 aliphatic carbocycles. The fourth-order valence-electron chi connectivity index (χ4n) is 5.11.